The zero-order valence-corrected chi connectivity index (χ0v) is 10.6. The van der Waals surface area contributed by atoms with Crippen molar-refractivity contribution in [1.29, 1.82) is 0 Å². The summed E-state index contributed by atoms with van der Waals surface area (Å²) >= 11 is 0. The Balaban J connectivity index is 2.39. The maximum absolute atomic E-state index is 13.4. The number of hydrogen-bond donors (Lipinski definition) is 2. The highest BCUT2D eigenvalue weighted by molar-refractivity contribution is 6.04. The Morgan fingerprint density at radius 3 is 2.27 bits per heavy atom. The Labute approximate surface area is 119 Å². The fraction of sp³-hybridized carbons (Fsp3) is 0.0769. The monoisotopic (exact) mass is 318 g/mol. The number of pyridine rings is 1. The highest BCUT2D eigenvalue weighted by Gasteiger charge is 2.31. The number of carbonyl (C=O) groups is 1. The summed E-state index contributed by atoms with van der Waals surface area (Å²) in [5.74, 6) is -3.79. The number of nitrogens with one attached hydrogen (secondary N) is 2. The number of hydrogen-bond acceptors (Lipinski definition) is 2. The van der Waals surface area contributed by atoms with E-state index in [-0.39, 0.29) is 0 Å². The van der Waals surface area contributed by atoms with Crippen LogP contribution in [0.1, 0.15) is 15.9 Å². The predicted octanol–water partition coefficient (Wildman–Crippen LogP) is 2.92. The molecule has 0 atom stereocenters. The fourth-order valence-electron chi connectivity index (χ4n) is 1.64. The van der Waals surface area contributed by atoms with E-state index in [1.807, 2.05) is 0 Å². The first-order chi connectivity index (χ1) is 10.2. The number of anilines is 1. The second kappa shape index (κ2) is 5.58. The molecule has 22 heavy (non-hydrogen) atoms. The summed E-state index contributed by atoms with van der Waals surface area (Å²) in [6, 6.07) is 2.98. The van der Waals surface area contributed by atoms with Crippen LogP contribution in [0.25, 0.3) is 0 Å². The highest BCUT2D eigenvalue weighted by atomic mass is 19.4. The molecule has 1 amide bonds. The smallest absolute Gasteiger partial charge is 0.327 e. The largest absolute Gasteiger partial charge is 0.417 e. The summed E-state index contributed by atoms with van der Waals surface area (Å²) in [4.78, 5) is 24.9. The average molecular weight is 318 g/mol. The van der Waals surface area contributed by atoms with Crippen LogP contribution in [0.15, 0.2) is 35.3 Å². The van der Waals surface area contributed by atoms with Gasteiger partial charge in [-0.15, -0.1) is 0 Å². The second-order valence-electron chi connectivity index (χ2n) is 4.18. The summed E-state index contributed by atoms with van der Waals surface area (Å²) < 4.78 is 64.4. The highest BCUT2D eigenvalue weighted by Crippen LogP contribution is 2.29. The number of benzene rings is 1. The number of H-pyrrole nitrogens is 1. The molecule has 116 valence electrons. The molecule has 0 aliphatic carbocycles. The molecule has 0 bridgehead atoms. The number of halogens is 5. The molecule has 1 heterocycles. The normalized spacial score (nSPS) is 11.3. The molecule has 0 saturated heterocycles. The molecule has 0 radical (unpaired) electrons. The van der Waals surface area contributed by atoms with Gasteiger partial charge in [-0.3, -0.25) is 9.59 Å². The molecule has 0 spiro atoms. The summed E-state index contributed by atoms with van der Waals surface area (Å²) in [5, 5.41) is 1.76. The van der Waals surface area contributed by atoms with Crippen molar-refractivity contribution in [3.05, 3.63) is 63.6 Å². The number of rotatable bonds is 2. The van der Waals surface area contributed by atoms with Crippen LogP contribution in [0.4, 0.5) is 27.6 Å². The van der Waals surface area contributed by atoms with Crippen molar-refractivity contribution < 1.29 is 26.7 Å². The lowest BCUT2D eigenvalue weighted by Crippen LogP contribution is -2.23. The van der Waals surface area contributed by atoms with Gasteiger partial charge >= 0.3 is 6.18 Å². The summed E-state index contributed by atoms with van der Waals surface area (Å²) in [7, 11) is 0. The Bertz CT molecular complexity index is 762. The van der Waals surface area contributed by atoms with Gasteiger partial charge in [0, 0.05) is 6.20 Å². The standard InChI is InChI=1S/C13H7F5N2O2/c14-7-2-1-3-8(15)10(7)12(22)20-9-4-6(13(16,17)18)5-19-11(9)21/h1-5H,(H,19,21)(H,20,22). The first kappa shape index (κ1) is 15.7. The molecule has 0 saturated carbocycles. The molecule has 0 aliphatic rings. The maximum Gasteiger partial charge on any atom is 0.417 e. The first-order valence-electron chi connectivity index (χ1n) is 5.75. The van der Waals surface area contributed by atoms with Crippen LogP contribution in [-0.2, 0) is 6.18 Å². The van der Waals surface area contributed by atoms with Gasteiger partial charge in [-0.05, 0) is 18.2 Å². The quantitative estimate of drug-likeness (QED) is 0.836. The van der Waals surface area contributed by atoms with Crippen LogP contribution in [0.5, 0.6) is 0 Å². The molecule has 2 N–H and O–H groups in total. The van der Waals surface area contributed by atoms with Crippen LogP contribution in [0.2, 0.25) is 0 Å². The lowest BCUT2D eigenvalue weighted by molar-refractivity contribution is -0.137. The van der Waals surface area contributed by atoms with Crippen LogP contribution in [0, 0.1) is 11.6 Å². The lowest BCUT2D eigenvalue weighted by Gasteiger charge is -2.09. The van der Waals surface area contributed by atoms with Crippen LogP contribution < -0.4 is 10.9 Å². The van der Waals surface area contributed by atoms with E-state index in [0.717, 1.165) is 18.2 Å². The van der Waals surface area contributed by atoms with E-state index < -0.39 is 46.1 Å². The third-order valence-corrected chi connectivity index (χ3v) is 2.67. The van der Waals surface area contributed by atoms with Crippen molar-refractivity contribution in [2.75, 3.05) is 5.32 Å². The number of amides is 1. The van der Waals surface area contributed by atoms with Gasteiger partial charge in [0.15, 0.2) is 0 Å². The molecule has 1 aromatic carbocycles. The van der Waals surface area contributed by atoms with Gasteiger partial charge in [-0.1, -0.05) is 6.07 Å². The Hall–Kier alpha value is -2.71. The lowest BCUT2D eigenvalue weighted by atomic mass is 10.1. The molecule has 2 aromatic rings. The van der Waals surface area contributed by atoms with Gasteiger partial charge in [-0.2, -0.15) is 13.2 Å². The van der Waals surface area contributed by atoms with Crippen LogP contribution in [0.3, 0.4) is 0 Å². The Kier molecular flexibility index (Phi) is 3.98. The number of alkyl halides is 3. The zero-order valence-electron chi connectivity index (χ0n) is 10.6. The van der Waals surface area contributed by atoms with E-state index in [9.17, 15) is 31.5 Å². The third kappa shape index (κ3) is 3.13. The minimum atomic E-state index is -4.76. The average Bonchev–Trinajstić information content (AvgIpc) is 2.39. The molecule has 0 aliphatic heterocycles. The molecular weight excluding hydrogens is 311 g/mol. The summed E-state index contributed by atoms with van der Waals surface area (Å²) in [6.07, 6.45) is -4.34. The van der Waals surface area contributed by atoms with Crippen molar-refractivity contribution in [1.82, 2.24) is 4.98 Å². The van der Waals surface area contributed by atoms with Gasteiger partial charge in [-0.25, -0.2) is 8.78 Å². The molecule has 4 nitrogen and oxygen atoms in total. The minimum Gasteiger partial charge on any atom is -0.327 e. The van der Waals surface area contributed by atoms with Crippen LogP contribution >= 0.6 is 0 Å². The molecular formula is C13H7F5N2O2. The molecule has 9 heteroatoms. The van der Waals surface area contributed by atoms with E-state index in [1.165, 1.54) is 0 Å². The summed E-state index contributed by atoms with van der Waals surface area (Å²) in [6.45, 7) is 0. The van der Waals surface area contributed by atoms with Crippen molar-refractivity contribution in [2.24, 2.45) is 0 Å². The first-order valence-corrected chi connectivity index (χ1v) is 5.75. The minimum absolute atomic E-state index is 0.371. The molecule has 0 fully saturated rings. The van der Waals surface area contributed by atoms with E-state index in [1.54, 1.807) is 10.3 Å². The van der Waals surface area contributed by atoms with Gasteiger partial charge in [0.05, 0.1) is 5.56 Å². The number of aromatic amines is 1. The zero-order chi connectivity index (χ0) is 16.5. The molecule has 1 aromatic heterocycles. The number of aromatic nitrogens is 1. The SMILES string of the molecule is O=C(Nc1cc(C(F)(F)F)c[nH]c1=O)c1c(F)cccc1F. The number of carbonyl (C=O) groups excluding carboxylic acids is 1. The van der Waals surface area contributed by atoms with E-state index in [2.05, 4.69) is 0 Å². The summed E-state index contributed by atoms with van der Waals surface area (Å²) in [5.41, 5.74) is -4.05. The third-order valence-electron chi connectivity index (χ3n) is 2.67. The Morgan fingerprint density at radius 1 is 1.14 bits per heavy atom. The van der Waals surface area contributed by atoms with Gasteiger partial charge in [0.1, 0.15) is 22.9 Å². The van der Waals surface area contributed by atoms with E-state index in [0.29, 0.717) is 12.3 Å². The molecule has 0 unspecified atom stereocenters. The van der Waals surface area contributed by atoms with Gasteiger partial charge in [0.25, 0.3) is 11.5 Å². The molecule has 2 rings (SSSR count). The topological polar surface area (TPSA) is 62.0 Å². The van der Waals surface area contributed by atoms with Crippen molar-refractivity contribution in [3.8, 4) is 0 Å². The predicted molar refractivity (Wildman–Crippen MR) is 66.4 cm³/mol. The maximum atomic E-state index is 13.4. The van der Waals surface area contributed by atoms with Crippen molar-refractivity contribution in [2.45, 2.75) is 6.18 Å². The fourth-order valence-corrected chi connectivity index (χ4v) is 1.64. The van der Waals surface area contributed by atoms with Crippen molar-refractivity contribution >= 4 is 11.6 Å². The Morgan fingerprint density at radius 2 is 1.73 bits per heavy atom. The van der Waals surface area contributed by atoms with Gasteiger partial charge < -0.3 is 10.3 Å². The van der Waals surface area contributed by atoms with Crippen LogP contribution in [-0.4, -0.2) is 10.9 Å². The van der Waals surface area contributed by atoms with E-state index in [4.69, 9.17) is 0 Å². The van der Waals surface area contributed by atoms with Gasteiger partial charge in [0.2, 0.25) is 0 Å². The van der Waals surface area contributed by atoms with E-state index >= 15 is 0 Å². The second-order valence-corrected chi connectivity index (χ2v) is 4.18. The van der Waals surface area contributed by atoms with Crippen molar-refractivity contribution in [3.63, 3.8) is 0 Å².